The molecule has 6 aliphatic heterocycles. The molecule has 18 heteroatoms. The van der Waals surface area contributed by atoms with Crippen molar-refractivity contribution >= 4 is 0 Å². The molecule has 16 aliphatic rings. The van der Waals surface area contributed by atoms with Crippen molar-refractivity contribution in [2.24, 2.45) is 112 Å². The number of hydrogen-bond donors (Lipinski definition) is 5. The van der Waals surface area contributed by atoms with E-state index in [1.165, 1.54) is 64.2 Å². The molecule has 16 fully saturated rings. The average Bonchev–Trinajstić information content (AvgIpc) is 1.47. The van der Waals surface area contributed by atoms with Gasteiger partial charge in [0.25, 0.3) is 0 Å². The second-order valence-corrected chi connectivity index (χ2v) is 37.8. The van der Waals surface area contributed by atoms with Gasteiger partial charge in [-0.05, 0) is 227 Å². The smallest absolute Gasteiger partial charge is 0.170 e. The molecule has 6 N–H and O–H groups in total. The molecule has 0 aromatic heterocycles. The first kappa shape index (κ1) is 66.6. The fourth-order valence-electron chi connectivity index (χ4n) is 28.1. The molecule has 10 saturated carbocycles. The van der Waals surface area contributed by atoms with E-state index in [0.29, 0.717) is 69.8 Å². The van der Waals surface area contributed by atoms with Crippen molar-refractivity contribution in [3.63, 3.8) is 0 Å². The summed E-state index contributed by atoms with van der Waals surface area (Å²) < 4.78 is 50.8. The minimum absolute atomic E-state index is 0.0261. The van der Waals surface area contributed by atoms with E-state index in [1.54, 1.807) is 27.7 Å². The fraction of sp³-hybridized carbons (Fsp3) is 1.00. The van der Waals surface area contributed by atoms with Crippen LogP contribution >= 0.6 is 0 Å². The van der Waals surface area contributed by atoms with Crippen LogP contribution < -0.4 is 5.73 Å². The van der Waals surface area contributed by atoms with Gasteiger partial charge in [0.2, 0.25) is 0 Å². The molecule has 10 aliphatic carbocycles. The number of nitrogens with zero attached hydrogens (tertiary/aromatic N) is 5. The number of hydrogen-bond acceptors (Lipinski definition) is 16. The number of rotatable bonds is 11. The highest BCUT2D eigenvalue weighted by molar-refractivity contribution is 5.35. The average molecular weight is 1290 g/mol. The Balaban J connectivity index is 0.000000153. The Bertz CT molecular complexity index is 2840. The van der Waals surface area contributed by atoms with Crippen LogP contribution in [0.25, 0.3) is 10.4 Å². The summed E-state index contributed by atoms with van der Waals surface area (Å²) in [5.41, 5.74) is 14.6. The van der Waals surface area contributed by atoms with Crippen molar-refractivity contribution in [2.45, 2.75) is 296 Å². The van der Waals surface area contributed by atoms with E-state index in [0.717, 1.165) is 104 Å². The highest BCUT2D eigenvalue weighted by Gasteiger charge is 2.87. The predicted octanol–water partition coefficient (Wildman–Crippen LogP) is 10.0. The Morgan fingerprint density at radius 3 is 1.36 bits per heavy atom. The minimum atomic E-state index is -1.21. The number of morpholine rings is 2. The summed E-state index contributed by atoms with van der Waals surface area (Å²) in [4.78, 5) is 8.08. The number of nitrogens with two attached hydrogens (primary N) is 1. The van der Waals surface area contributed by atoms with Crippen LogP contribution in [0.15, 0.2) is 5.11 Å². The van der Waals surface area contributed by atoms with Gasteiger partial charge in [-0.25, -0.2) is 0 Å². The summed E-state index contributed by atoms with van der Waals surface area (Å²) >= 11 is 0. The van der Waals surface area contributed by atoms with E-state index in [9.17, 15) is 26.0 Å². The Morgan fingerprint density at radius 1 is 0.565 bits per heavy atom. The molecule has 0 amide bonds. The largest absolute Gasteiger partial charge is 0.390 e. The van der Waals surface area contributed by atoms with Gasteiger partial charge in [0.1, 0.15) is 0 Å². The van der Waals surface area contributed by atoms with Crippen molar-refractivity contribution in [3.8, 4) is 0 Å². The van der Waals surface area contributed by atoms with Gasteiger partial charge in [0, 0.05) is 28.8 Å². The molecule has 0 aromatic carbocycles. The molecule has 92 heavy (non-hydrogen) atoms. The summed E-state index contributed by atoms with van der Waals surface area (Å²) in [5.74, 6) is 3.43. The van der Waals surface area contributed by atoms with Gasteiger partial charge in [-0.1, -0.05) is 74.4 Å². The molecule has 520 valence electrons. The van der Waals surface area contributed by atoms with Crippen LogP contribution in [-0.4, -0.2) is 193 Å². The summed E-state index contributed by atoms with van der Waals surface area (Å²) in [5, 5.41) is 50.7. The maximum absolute atomic E-state index is 12.5. The molecule has 28 atom stereocenters. The van der Waals surface area contributed by atoms with E-state index < -0.39 is 41.6 Å². The fourth-order valence-corrected chi connectivity index (χ4v) is 28.1. The van der Waals surface area contributed by atoms with E-state index in [1.807, 2.05) is 0 Å². The molecule has 6 heterocycles. The first-order chi connectivity index (χ1) is 43.2. The first-order valence-corrected chi connectivity index (χ1v) is 37.3. The lowest BCUT2D eigenvalue weighted by atomic mass is 9.41. The summed E-state index contributed by atoms with van der Waals surface area (Å²) in [6.45, 7) is 39.8. The van der Waals surface area contributed by atoms with E-state index in [-0.39, 0.29) is 86.9 Å². The normalized spacial score (nSPS) is 53.9. The summed E-state index contributed by atoms with van der Waals surface area (Å²) in [6, 6.07) is -0.141. The van der Waals surface area contributed by atoms with Gasteiger partial charge in [-0.15, -0.1) is 0 Å². The van der Waals surface area contributed by atoms with E-state index in [2.05, 4.69) is 89.1 Å². The van der Waals surface area contributed by atoms with Crippen LogP contribution in [0, 0.1) is 101 Å². The van der Waals surface area contributed by atoms with Crippen LogP contribution in [0.1, 0.15) is 200 Å². The predicted molar refractivity (Wildman–Crippen MR) is 347 cm³/mol. The Hall–Kier alpha value is -1.29. The summed E-state index contributed by atoms with van der Waals surface area (Å²) in [7, 11) is 0. The zero-order valence-electron chi connectivity index (χ0n) is 59.0. The maximum Gasteiger partial charge on any atom is 0.170 e. The third-order valence-electron chi connectivity index (χ3n) is 33.0. The molecule has 4 spiro atoms. The minimum Gasteiger partial charge on any atom is -0.390 e. The molecular weight excluding hydrogens is 1160 g/mol. The second-order valence-electron chi connectivity index (χ2n) is 37.8. The molecule has 18 nitrogen and oxygen atoms in total. The SMILES string of the molecule is C[C@@H]1C[C@H]([C@H](N)C(C)(C)O)O[C@H]2[C@H]1[C@@]1(C)CC[C@@]34CC35CCC(O[C@H]3CN(C6COC6)CCO3)C(C)(C)[C@@H]5CC[C@H]4[C@]1(C)[C@H]2O.C[C@@H]1C[C@H]([C@H](N=[N+]=[N-])C(C)(C)O)O[C@H]2[C@H]1[C@@]1(C)CC[C@@]34CC35CCC(O[C@H]3CN(C6COC6)CCO3)C(C)(C)[C@@H]5CC[C@H]4[C@]1(C)[C@H]2O. The molecule has 16 rings (SSSR count). The third-order valence-corrected chi connectivity index (χ3v) is 33.0. The van der Waals surface area contributed by atoms with Gasteiger partial charge in [-0.2, -0.15) is 0 Å². The quantitative estimate of drug-likeness (QED) is 0.0735. The van der Waals surface area contributed by atoms with Crippen LogP contribution in [0.2, 0.25) is 0 Å². The lowest BCUT2D eigenvalue weighted by Crippen LogP contribution is -2.60. The zero-order valence-corrected chi connectivity index (χ0v) is 59.0. The van der Waals surface area contributed by atoms with Crippen molar-refractivity contribution in [1.29, 1.82) is 0 Å². The number of fused-ring (bicyclic) bond motifs is 8. The second kappa shape index (κ2) is 22.1. The Kier molecular flexibility index (Phi) is 16.0. The van der Waals surface area contributed by atoms with Crippen LogP contribution in [-0.2, 0) is 37.9 Å². The van der Waals surface area contributed by atoms with Crippen LogP contribution in [0.4, 0.5) is 0 Å². The molecule has 0 radical (unpaired) electrons. The van der Waals surface area contributed by atoms with Gasteiger partial charge < -0.3 is 64.1 Å². The number of aliphatic hydroxyl groups is 4. The van der Waals surface area contributed by atoms with Gasteiger partial charge >= 0.3 is 0 Å². The molecule has 6 saturated heterocycles. The number of ether oxygens (including phenoxy) is 8. The van der Waals surface area contributed by atoms with Gasteiger partial charge in [0.15, 0.2) is 12.6 Å². The molecule has 0 bridgehead atoms. The van der Waals surface area contributed by atoms with Crippen molar-refractivity contribution in [2.75, 3.05) is 65.8 Å². The highest BCUT2D eigenvalue weighted by Crippen LogP contribution is 2.91. The number of aliphatic hydroxyl groups excluding tert-OH is 2. The third kappa shape index (κ3) is 9.11. The van der Waals surface area contributed by atoms with E-state index in [4.69, 9.17) is 43.6 Å². The van der Waals surface area contributed by atoms with Crippen molar-refractivity contribution < 1.29 is 58.3 Å². The number of azide groups is 1. The topological polar surface area (TPSA) is 236 Å². The Morgan fingerprint density at radius 2 is 0.967 bits per heavy atom. The maximum atomic E-state index is 12.5. The van der Waals surface area contributed by atoms with Crippen molar-refractivity contribution in [1.82, 2.24) is 9.80 Å². The first-order valence-electron chi connectivity index (χ1n) is 37.3. The van der Waals surface area contributed by atoms with E-state index >= 15 is 0 Å². The highest BCUT2D eigenvalue weighted by atomic mass is 16.7. The Labute approximate surface area is 550 Å². The monoisotopic (exact) mass is 1290 g/mol. The standard InChI is InChI=1S/C37H60N4O6.C37H62N2O6/c1-21-16-23(30(39-40-38)33(4,5)43)46-29-28(21)34(6)12-13-37-20-36(37)11-10-26(47-27-17-41(14-15-45-27)22-18-44-19-22)32(2,3)24(36)8-9-25(37)35(34,7)31(29)42;1-21-16-23(30(38)33(4,5)41)44-29-28(21)34(6)12-13-37-20-36(37)11-10-26(45-27-17-39(14-15-43-27)22-18-42-19-22)32(2,3)24(36)8-9-25(37)35(34,7)31(29)40/h21-31,42-43H,8-20H2,1-7H3;21-31,40-41H,8-20,38H2,1-7H3/t2*21-,23-,24+,25+,26?,27+,28+,29+,30+,31+,34-,35-,36?,37+/m11/s1. The zero-order chi connectivity index (χ0) is 65.3. The van der Waals surface area contributed by atoms with Crippen molar-refractivity contribution in [3.05, 3.63) is 10.4 Å². The lowest BCUT2D eigenvalue weighted by molar-refractivity contribution is -0.256. The van der Waals surface area contributed by atoms with Crippen LogP contribution in [0.3, 0.4) is 0 Å². The summed E-state index contributed by atoms with van der Waals surface area (Å²) in [6.07, 6.45) is 16.1. The van der Waals surface area contributed by atoms with Gasteiger partial charge in [-0.3, -0.25) is 9.80 Å². The molecular formula is C74H122N6O12. The van der Waals surface area contributed by atoms with Crippen LogP contribution in [0.5, 0.6) is 0 Å². The lowest BCUT2D eigenvalue weighted by Gasteiger charge is -2.64. The van der Waals surface area contributed by atoms with Gasteiger partial charge in [0.05, 0.1) is 137 Å². The molecule has 4 unspecified atom stereocenters. The molecule has 0 aromatic rings.